The molecule has 0 saturated carbocycles. The first-order chi connectivity index (χ1) is 6.59. The lowest BCUT2D eigenvalue weighted by molar-refractivity contribution is 0.0693. The topological polar surface area (TPSA) is 108 Å². The molecule has 7 nitrogen and oxygen atoms in total. The first-order valence-electron chi connectivity index (χ1n) is 3.62. The Bertz CT molecular complexity index is 568. The molecule has 0 aromatic carbocycles. The smallest absolute Gasteiger partial charge is 0.358 e. The van der Waals surface area contributed by atoms with E-state index in [1.165, 1.54) is 0 Å². The van der Waals surface area contributed by atoms with Crippen molar-refractivity contribution in [2.45, 2.75) is 0 Å². The Morgan fingerprint density at radius 2 is 2.29 bits per heavy atom. The van der Waals surface area contributed by atoms with Gasteiger partial charge in [0, 0.05) is 0 Å². The molecule has 0 atom stereocenters. The van der Waals surface area contributed by atoms with Gasteiger partial charge in [0.05, 0.1) is 6.07 Å². The van der Waals surface area contributed by atoms with Crippen molar-refractivity contribution in [3.8, 4) is 5.88 Å². The van der Waals surface area contributed by atoms with Gasteiger partial charge in [-0.15, -0.1) is 0 Å². The number of aromatic hydroxyl groups is 1. The predicted octanol–water partition coefficient (Wildman–Crippen LogP) is -0.574. The molecule has 2 heterocycles. The lowest BCUT2D eigenvalue weighted by Gasteiger charge is -1.96. The molecule has 0 aliphatic heterocycles. The molecule has 0 saturated heterocycles. The van der Waals surface area contributed by atoms with Crippen LogP contribution in [0.1, 0.15) is 10.5 Å². The molecule has 0 bridgehead atoms. The molecule has 0 unspecified atom stereocenters. The van der Waals surface area contributed by atoms with E-state index >= 15 is 0 Å². The summed E-state index contributed by atoms with van der Waals surface area (Å²) in [5, 5.41) is 17.9. The Morgan fingerprint density at radius 1 is 1.57 bits per heavy atom. The van der Waals surface area contributed by atoms with E-state index in [9.17, 15) is 14.7 Å². The second-order valence-electron chi connectivity index (χ2n) is 2.61. The monoisotopic (exact) mass is 195 g/mol. The number of aromatic amines is 1. The van der Waals surface area contributed by atoms with Crippen LogP contribution in [0.15, 0.2) is 17.2 Å². The number of H-pyrrole nitrogens is 1. The number of hydrogen-bond acceptors (Lipinski definition) is 4. The summed E-state index contributed by atoms with van der Waals surface area (Å²) in [7, 11) is 0. The molecule has 14 heavy (non-hydrogen) atoms. The Labute approximate surface area is 76.3 Å². The predicted molar refractivity (Wildman–Crippen MR) is 44.4 cm³/mol. The zero-order chi connectivity index (χ0) is 10.3. The summed E-state index contributed by atoms with van der Waals surface area (Å²) in [6, 6.07) is 0.931. The summed E-state index contributed by atoms with van der Waals surface area (Å²) in [4.78, 5) is 27.3. The normalized spacial score (nSPS) is 10.6. The molecule has 2 rings (SSSR count). The van der Waals surface area contributed by atoms with E-state index < -0.39 is 11.5 Å². The maximum absolute atomic E-state index is 10.9. The fraction of sp³-hybridized carbons (Fsp3) is 0. The largest absolute Gasteiger partial charge is 0.494 e. The van der Waals surface area contributed by atoms with Crippen LogP contribution in [0.4, 0.5) is 0 Å². The summed E-state index contributed by atoms with van der Waals surface area (Å²) >= 11 is 0. The van der Waals surface area contributed by atoms with Gasteiger partial charge in [0.1, 0.15) is 6.33 Å². The third kappa shape index (κ3) is 1.03. The van der Waals surface area contributed by atoms with Crippen LogP contribution in [0.2, 0.25) is 0 Å². The van der Waals surface area contributed by atoms with Crippen molar-refractivity contribution >= 4 is 11.6 Å². The molecule has 0 aliphatic carbocycles. The van der Waals surface area contributed by atoms with Gasteiger partial charge in [-0.1, -0.05) is 0 Å². The fourth-order valence-corrected chi connectivity index (χ4v) is 1.14. The average molecular weight is 195 g/mol. The summed E-state index contributed by atoms with van der Waals surface area (Å²) in [6.45, 7) is 0. The maximum atomic E-state index is 10.9. The minimum Gasteiger partial charge on any atom is -0.494 e. The van der Waals surface area contributed by atoms with Gasteiger partial charge >= 0.3 is 5.97 Å². The van der Waals surface area contributed by atoms with Gasteiger partial charge in [-0.25, -0.2) is 9.78 Å². The summed E-state index contributed by atoms with van der Waals surface area (Å²) in [5.41, 5.74) is -0.932. The number of carbonyl (C=O) groups is 1. The minimum absolute atomic E-state index is 0.0394. The van der Waals surface area contributed by atoms with Crippen LogP contribution in [0.5, 0.6) is 5.88 Å². The number of nitrogens with zero attached hydrogens (tertiary/aromatic N) is 2. The van der Waals surface area contributed by atoms with Gasteiger partial charge in [-0.3, -0.25) is 9.20 Å². The first-order valence-corrected chi connectivity index (χ1v) is 3.62. The van der Waals surface area contributed by atoms with E-state index in [1.54, 1.807) is 0 Å². The van der Waals surface area contributed by atoms with Crippen molar-refractivity contribution in [2.75, 3.05) is 0 Å². The van der Waals surface area contributed by atoms with Crippen LogP contribution in [-0.2, 0) is 0 Å². The number of rotatable bonds is 1. The van der Waals surface area contributed by atoms with E-state index in [-0.39, 0.29) is 17.2 Å². The molecule has 2 aromatic heterocycles. The highest BCUT2D eigenvalue weighted by atomic mass is 16.4. The van der Waals surface area contributed by atoms with Crippen LogP contribution < -0.4 is 5.56 Å². The molecule has 72 valence electrons. The highest BCUT2D eigenvalue weighted by Gasteiger charge is 2.14. The van der Waals surface area contributed by atoms with Crippen LogP contribution in [0.25, 0.3) is 5.65 Å². The number of nitrogens with one attached hydrogen (secondary N) is 1. The number of imidazole rings is 1. The molecular formula is C7H5N3O4. The molecule has 0 radical (unpaired) electrons. The van der Waals surface area contributed by atoms with Crippen molar-refractivity contribution in [2.24, 2.45) is 0 Å². The number of aromatic nitrogens is 3. The number of fused-ring (bicyclic) bond motifs is 1. The van der Waals surface area contributed by atoms with E-state index in [1.807, 2.05) is 0 Å². The number of aromatic carboxylic acids is 1. The van der Waals surface area contributed by atoms with Gasteiger partial charge < -0.3 is 15.2 Å². The Morgan fingerprint density at radius 3 is 2.93 bits per heavy atom. The standard InChI is InChI=1S/C7H5N3O4/c11-3-1-4(12)10-2-8-5(7(13)14)6(10)9-3/h1-2,12H,(H,9,11)(H,13,14). The molecule has 2 aromatic rings. The van der Waals surface area contributed by atoms with Gasteiger partial charge in [0.15, 0.2) is 11.3 Å². The summed E-state index contributed by atoms with van der Waals surface area (Å²) < 4.78 is 1.07. The van der Waals surface area contributed by atoms with Crippen LogP contribution in [0, 0.1) is 0 Å². The second-order valence-corrected chi connectivity index (χ2v) is 2.61. The average Bonchev–Trinajstić information content (AvgIpc) is 2.47. The molecule has 0 aliphatic rings. The van der Waals surface area contributed by atoms with E-state index in [0.29, 0.717) is 0 Å². The van der Waals surface area contributed by atoms with Gasteiger partial charge in [0.2, 0.25) is 5.88 Å². The lowest BCUT2D eigenvalue weighted by Crippen LogP contribution is -2.08. The van der Waals surface area contributed by atoms with E-state index in [0.717, 1.165) is 16.8 Å². The Kier molecular flexibility index (Phi) is 1.53. The summed E-state index contributed by atoms with van der Waals surface area (Å²) in [5.74, 6) is -1.63. The van der Waals surface area contributed by atoms with Crippen molar-refractivity contribution in [1.82, 2.24) is 14.4 Å². The van der Waals surface area contributed by atoms with Gasteiger partial charge in [-0.05, 0) is 0 Å². The number of carboxylic acid groups (broad SMARTS) is 1. The van der Waals surface area contributed by atoms with Gasteiger partial charge in [0.25, 0.3) is 5.56 Å². The van der Waals surface area contributed by atoms with Gasteiger partial charge in [-0.2, -0.15) is 0 Å². The third-order valence-corrected chi connectivity index (χ3v) is 1.72. The van der Waals surface area contributed by atoms with Crippen molar-refractivity contribution < 1.29 is 15.0 Å². The molecule has 0 amide bonds. The first kappa shape index (κ1) is 8.30. The number of carboxylic acids is 1. The Balaban J connectivity index is 2.92. The SMILES string of the molecule is O=C(O)c1ncn2c(O)cc(=O)[nH]c12. The molecule has 3 N–H and O–H groups in total. The third-order valence-electron chi connectivity index (χ3n) is 1.72. The zero-order valence-corrected chi connectivity index (χ0v) is 6.76. The quantitative estimate of drug-likeness (QED) is 0.564. The van der Waals surface area contributed by atoms with E-state index in [4.69, 9.17) is 5.11 Å². The van der Waals surface area contributed by atoms with E-state index in [2.05, 4.69) is 9.97 Å². The van der Waals surface area contributed by atoms with Crippen molar-refractivity contribution in [1.29, 1.82) is 0 Å². The number of hydrogen-bond donors (Lipinski definition) is 3. The van der Waals surface area contributed by atoms with Crippen LogP contribution in [0.3, 0.4) is 0 Å². The highest BCUT2D eigenvalue weighted by molar-refractivity contribution is 5.92. The lowest BCUT2D eigenvalue weighted by atomic mass is 10.4. The minimum atomic E-state index is -1.27. The molecule has 0 fully saturated rings. The fourth-order valence-electron chi connectivity index (χ4n) is 1.14. The van der Waals surface area contributed by atoms with Crippen molar-refractivity contribution in [3.05, 3.63) is 28.4 Å². The molecule has 0 spiro atoms. The highest BCUT2D eigenvalue weighted by Crippen LogP contribution is 2.11. The van der Waals surface area contributed by atoms with Crippen molar-refractivity contribution in [3.63, 3.8) is 0 Å². The molecular weight excluding hydrogens is 190 g/mol. The Hall–Kier alpha value is -2.31. The second kappa shape index (κ2) is 2.59. The summed E-state index contributed by atoms with van der Waals surface area (Å²) in [6.07, 6.45) is 1.12. The van der Waals surface area contributed by atoms with Crippen LogP contribution in [-0.4, -0.2) is 30.6 Å². The van der Waals surface area contributed by atoms with Crippen LogP contribution >= 0.6 is 0 Å². The maximum Gasteiger partial charge on any atom is 0.358 e. The zero-order valence-electron chi connectivity index (χ0n) is 6.76. The molecule has 7 heteroatoms.